The maximum absolute atomic E-state index is 13.2. The Kier molecular flexibility index (Phi) is 6.15. The van der Waals surface area contributed by atoms with Crippen LogP contribution >= 0.6 is 0 Å². The number of aryl methyl sites for hydroxylation is 1. The smallest absolute Gasteiger partial charge is 0.123 e. The second-order valence-corrected chi connectivity index (χ2v) is 5.76. The molecule has 3 heteroatoms. The predicted molar refractivity (Wildman–Crippen MR) is 84.4 cm³/mol. The topological polar surface area (TPSA) is 29.3 Å². The van der Waals surface area contributed by atoms with E-state index in [1.807, 2.05) is 13.0 Å². The van der Waals surface area contributed by atoms with E-state index in [1.54, 1.807) is 6.07 Å². The van der Waals surface area contributed by atoms with Crippen LogP contribution in [0.2, 0.25) is 0 Å². The Labute approximate surface area is 123 Å². The van der Waals surface area contributed by atoms with E-state index in [1.165, 1.54) is 6.07 Å². The standard InChI is InChI=1S/C17H29FN2/c1-6-17(5,20(7-2)8-3)16(19)12-14-9-10-15(18)11-13(14)4/h9-11,16H,6-8,12,19H2,1-5H3. The Hall–Kier alpha value is -0.930. The quantitative estimate of drug-likeness (QED) is 0.828. The molecule has 0 heterocycles. The Morgan fingerprint density at radius 1 is 1.25 bits per heavy atom. The van der Waals surface area contributed by atoms with Crippen molar-refractivity contribution in [2.75, 3.05) is 13.1 Å². The van der Waals surface area contributed by atoms with E-state index >= 15 is 0 Å². The maximum atomic E-state index is 13.2. The lowest BCUT2D eigenvalue weighted by Crippen LogP contribution is -2.58. The van der Waals surface area contributed by atoms with Gasteiger partial charge in [-0.3, -0.25) is 4.90 Å². The van der Waals surface area contributed by atoms with E-state index < -0.39 is 0 Å². The number of nitrogens with two attached hydrogens (primary N) is 1. The van der Waals surface area contributed by atoms with E-state index in [0.717, 1.165) is 37.1 Å². The van der Waals surface area contributed by atoms with Crippen molar-refractivity contribution in [2.45, 2.75) is 59.0 Å². The normalized spacial score (nSPS) is 16.2. The summed E-state index contributed by atoms with van der Waals surface area (Å²) >= 11 is 0. The summed E-state index contributed by atoms with van der Waals surface area (Å²) in [7, 11) is 0. The molecule has 114 valence electrons. The van der Waals surface area contributed by atoms with Gasteiger partial charge in [-0.1, -0.05) is 26.8 Å². The van der Waals surface area contributed by atoms with E-state index in [0.29, 0.717) is 0 Å². The Morgan fingerprint density at radius 2 is 1.85 bits per heavy atom. The molecule has 2 unspecified atom stereocenters. The fourth-order valence-electron chi connectivity index (χ4n) is 3.01. The number of hydrogen-bond donors (Lipinski definition) is 1. The van der Waals surface area contributed by atoms with E-state index in [2.05, 4.69) is 32.6 Å². The van der Waals surface area contributed by atoms with Crippen molar-refractivity contribution < 1.29 is 4.39 Å². The summed E-state index contributed by atoms with van der Waals surface area (Å²) in [4.78, 5) is 2.43. The first-order valence-corrected chi connectivity index (χ1v) is 7.64. The molecule has 0 spiro atoms. The summed E-state index contributed by atoms with van der Waals surface area (Å²) in [5.74, 6) is -0.179. The SMILES string of the molecule is CCN(CC)C(C)(CC)C(N)Cc1ccc(F)cc1C. The fourth-order valence-corrected chi connectivity index (χ4v) is 3.01. The monoisotopic (exact) mass is 280 g/mol. The molecule has 0 aromatic heterocycles. The van der Waals surface area contributed by atoms with Gasteiger partial charge in [0.1, 0.15) is 5.82 Å². The maximum Gasteiger partial charge on any atom is 0.123 e. The molecule has 2 atom stereocenters. The number of nitrogens with zero attached hydrogens (tertiary/aromatic N) is 1. The Balaban J connectivity index is 2.94. The first-order valence-electron chi connectivity index (χ1n) is 7.64. The molecule has 1 rings (SSSR count). The molecule has 0 radical (unpaired) electrons. The van der Waals surface area contributed by atoms with Gasteiger partial charge in [0.15, 0.2) is 0 Å². The fraction of sp³-hybridized carbons (Fsp3) is 0.647. The van der Waals surface area contributed by atoms with Crippen molar-refractivity contribution in [1.82, 2.24) is 4.90 Å². The molecule has 1 aromatic rings. The number of rotatable bonds is 7. The molecular weight excluding hydrogens is 251 g/mol. The molecule has 0 bridgehead atoms. The van der Waals surface area contributed by atoms with Crippen molar-refractivity contribution >= 4 is 0 Å². The zero-order valence-corrected chi connectivity index (χ0v) is 13.5. The van der Waals surface area contributed by atoms with Crippen molar-refractivity contribution in [3.63, 3.8) is 0 Å². The number of benzene rings is 1. The molecule has 0 aliphatic carbocycles. The highest BCUT2D eigenvalue weighted by atomic mass is 19.1. The second-order valence-electron chi connectivity index (χ2n) is 5.76. The number of likely N-dealkylation sites (N-methyl/N-ethyl adjacent to an activating group) is 1. The van der Waals surface area contributed by atoms with Crippen LogP contribution in [0.5, 0.6) is 0 Å². The predicted octanol–water partition coefficient (Wildman–Crippen LogP) is 3.51. The molecule has 0 saturated heterocycles. The average Bonchev–Trinajstić information content (AvgIpc) is 2.42. The number of hydrogen-bond acceptors (Lipinski definition) is 2. The lowest BCUT2D eigenvalue weighted by molar-refractivity contribution is 0.0844. The highest BCUT2D eigenvalue weighted by Gasteiger charge is 2.34. The third-order valence-electron chi connectivity index (χ3n) is 4.74. The largest absolute Gasteiger partial charge is 0.326 e. The van der Waals surface area contributed by atoms with Crippen LogP contribution in [0, 0.1) is 12.7 Å². The summed E-state index contributed by atoms with van der Waals surface area (Å²) in [6.45, 7) is 12.7. The van der Waals surface area contributed by atoms with Gasteiger partial charge in [0.05, 0.1) is 0 Å². The molecule has 1 aromatic carbocycles. The third kappa shape index (κ3) is 3.58. The molecule has 0 aliphatic rings. The molecule has 2 N–H and O–H groups in total. The van der Waals surface area contributed by atoms with Crippen LogP contribution in [0.15, 0.2) is 18.2 Å². The molecule has 20 heavy (non-hydrogen) atoms. The van der Waals surface area contributed by atoms with Crippen LogP contribution < -0.4 is 5.73 Å². The van der Waals surface area contributed by atoms with E-state index in [9.17, 15) is 4.39 Å². The summed E-state index contributed by atoms with van der Waals surface area (Å²) in [6, 6.07) is 5.01. The molecular formula is C17H29FN2. The molecule has 0 amide bonds. The third-order valence-corrected chi connectivity index (χ3v) is 4.74. The van der Waals surface area contributed by atoms with Gasteiger partial charge in [0.2, 0.25) is 0 Å². The van der Waals surface area contributed by atoms with Gasteiger partial charge in [0.25, 0.3) is 0 Å². The lowest BCUT2D eigenvalue weighted by atomic mass is 9.83. The Morgan fingerprint density at radius 3 is 2.30 bits per heavy atom. The zero-order chi connectivity index (χ0) is 15.3. The summed E-state index contributed by atoms with van der Waals surface area (Å²) < 4.78 is 13.2. The molecule has 0 aliphatic heterocycles. The van der Waals surface area contributed by atoms with Gasteiger partial charge in [-0.05, 0) is 63.0 Å². The first kappa shape index (κ1) is 17.1. The van der Waals surface area contributed by atoms with Crippen LogP contribution in [0.4, 0.5) is 4.39 Å². The highest BCUT2D eigenvalue weighted by Crippen LogP contribution is 2.25. The van der Waals surface area contributed by atoms with Gasteiger partial charge < -0.3 is 5.73 Å². The van der Waals surface area contributed by atoms with Gasteiger partial charge in [0, 0.05) is 11.6 Å². The van der Waals surface area contributed by atoms with Crippen molar-refractivity contribution in [2.24, 2.45) is 5.73 Å². The van der Waals surface area contributed by atoms with Crippen LogP contribution in [0.25, 0.3) is 0 Å². The van der Waals surface area contributed by atoms with Crippen LogP contribution in [-0.4, -0.2) is 29.6 Å². The first-order chi connectivity index (χ1) is 9.38. The van der Waals surface area contributed by atoms with Crippen molar-refractivity contribution in [3.05, 3.63) is 35.1 Å². The molecule has 0 fully saturated rings. The van der Waals surface area contributed by atoms with E-state index in [4.69, 9.17) is 5.73 Å². The number of halogens is 1. The van der Waals surface area contributed by atoms with Gasteiger partial charge in [-0.15, -0.1) is 0 Å². The lowest BCUT2D eigenvalue weighted by Gasteiger charge is -2.44. The summed E-state index contributed by atoms with van der Waals surface area (Å²) in [5.41, 5.74) is 8.62. The minimum Gasteiger partial charge on any atom is -0.326 e. The van der Waals surface area contributed by atoms with Crippen LogP contribution in [0.1, 0.15) is 45.2 Å². The van der Waals surface area contributed by atoms with Crippen molar-refractivity contribution in [1.29, 1.82) is 0 Å². The summed E-state index contributed by atoms with van der Waals surface area (Å²) in [6.07, 6.45) is 1.79. The van der Waals surface area contributed by atoms with Gasteiger partial charge in [-0.25, -0.2) is 4.39 Å². The Bertz CT molecular complexity index is 429. The highest BCUT2D eigenvalue weighted by molar-refractivity contribution is 5.28. The molecule has 0 saturated carbocycles. The molecule has 2 nitrogen and oxygen atoms in total. The van der Waals surface area contributed by atoms with Crippen LogP contribution in [0.3, 0.4) is 0 Å². The van der Waals surface area contributed by atoms with Crippen LogP contribution in [-0.2, 0) is 6.42 Å². The van der Waals surface area contributed by atoms with Gasteiger partial charge in [-0.2, -0.15) is 0 Å². The minimum atomic E-state index is -0.179. The minimum absolute atomic E-state index is 0.0235. The second kappa shape index (κ2) is 7.19. The van der Waals surface area contributed by atoms with Crippen molar-refractivity contribution in [3.8, 4) is 0 Å². The van der Waals surface area contributed by atoms with Gasteiger partial charge >= 0.3 is 0 Å². The zero-order valence-electron chi connectivity index (χ0n) is 13.5. The summed E-state index contributed by atoms with van der Waals surface area (Å²) in [5, 5.41) is 0. The average molecular weight is 280 g/mol. The van der Waals surface area contributed by atoms with E-state index in [-0.39, 0.29) is 17.4 Å².